The number of anilines is 3. The molecule has 0 radical (unpaired) electrons. The van der Waals surface area contributed by atoms with E-state index in [1.807, 2.05) is 24.3 Å². The van der Waals surface area contributed by atoms with Crippen molar-refractivity contribution in [2.45, 2.75) is 26.7 Å². The van der Waals surface area contributed by atoms with Crippen LogP contribution in [0.2, 0.25) is 5.02 Å². The van der Waals surface area contributed by atoms with Gasteiger partial charge in [0.15, 0.2) is 0 Å². The van der Waals surface area contributed by atoms with Gasteiger partial charge in [-0.05, 0) is 42.3 Å². The summed E-state index contributed by atoms with van der Waals surface area (Å²) in [6.07, 6.45) is 1.07. The fraction of sp³-hybridized carbons (Fsp3) is 0.286. The second-order valence-electron chi connectivity index (χ2n) is 6.79. The molecular formula is C21H22ClN3O3. The molecule has 0 aromatic heterocycles. The number of nitrogens with one attached hydrogen (secondary N) is 2. The van der Waals surface area contributed by atoms with Crippen molar-refractivity contribution < 1.29 is 14.4 Å². The maximum absolute atomic E-state index is 12.7. The average Bonchev–Trinajstić information content (AvgIpc) is 3.06. The monoisotopic (exact) mass is 399 g/mol. The van der Waals surface area contributed by atoms with Crippen LogP contribution in [-0.4, -0.2) is 24.3 Å². The van der Waals surface area contributed by atoms with E-state index in [0.717, 1.165) is 12.1 Å². The summed E-state index contributed by atoms with van der Waals surface area (Å²) in [6.45, 7) is 3.79. The molecule has 1 fully saturated rings. The van der Waals surface area contributed by atoms with Crippen molar-refractivity contribution in [2.24, 2.45) is 5.92 Å². The SMILES string of the molecule is CCc1ccc(N2CC(C(=O)Nc3cc(NC(C)=O)ccc3Cl)CC2=O)cc1. The molecule has 1 saturated heterocycles. The number of carbonyl (C=O) groups excluding carboxylic acids is 3. The lowest BCUT2D eigenvalue weighted by molar-refractivity contribution is -0.122. The standard InChI is InChI=1S/C21H22ClN3O3/c1-3-14-4-7-17(8-5-14)25-12-15(10-20(25)27)21(28)24-19-11-16(23-13(2)26)6-9-18(19)22/h4-9,11,15H,3,10,12H2,1-2H3,(H,23,26)(H,24,28). The number of nitrogens with zero attached hydrogens (tertiary/aromatic N) is 1. The summed E-state index contributed by atoms with van der Waals surface area (Å²) in [5, 5.41) is 5.78. The second kappa shape index (κ2) is 8.44. The average molecular weight is 400 g/mol. The van der Waals surface area contributed by atoms with Crippen molar-refractivity contribution in [1.82, 2.24) is 0 Å². The number of hydrogen-bond donors (Lipinski definition) is 2. The second-order valence-corrected chi connectivity index (χ2v) is 7.20. The Hall–Kier alpha value is -2.86. The minimum absolute atomic E-state index is 0.0810. The highest BCUT2D eigenvalue weighted by Crippen LogP contribution is 2.29. The van der Waals surface area contributed by atoms with E-state index in [9.17, 15) is 14.4 Å². The van der Waals surface area contributed by atoms with Crippen LogP contribution in [0.15, 0.2) is 42.5 Å². The Kier molecular flexibility index (Phi) is 5.99. The molecule has 146 valence electrons. The van der Waals surface area contributed by atoms with E-state index >= 15 is 0 Å². The first kappa shape index (κ1) is 19.9. The van der Waals surface area contributed by atoms with E-state index in [2.05, 4.69) is 17.6 Å². The molecule has 1 atom stereocenters. The third-order valence-corrected chi connectivity index (χ3v) is 5.03. The lowest BCUT2D eigenvalue weighted by atomic mass is 10.1. The molecule has 1 unspecified atom stereocenters. The van der Waals surface area contributed by atoms with E-state index < -0.39 is 5.92 Å². The summed E-state index contributed by atoms with van der Waals surface area (Å²) < 4.78 is 0. The molecule has 2 aromatic rings. The van der Waals surface area contributed by atoms with Gasteiger partial charge < -0.3 is 15.5 Å². The summed E-state index contributed by atoms with van der Waals surface area (Å²) in [7, 11) is 0. The van der Waals surface area contributed by atoms with Crippen LogP contribution in [0.4, 0.5) is 17.1 Å². The molecule has 0 bridgehead atoms. The van der Waals surface area contributed by atoms with Crippen molar-refractivity contribution in [3.05, 3.63) is 53.1 Å². The number of halogens is 1. The van der Waals surface area contributed by atoms with Crippen molar-refractivity contribution in [1.29, 1.82) is 0 Å². The summed E-state index contributed by atoms with van der Waals surface area (Å²) in [4.78, 5) is 37.9. The lowest BCUT2D eigenvalue weighted by Crippen LogP contribution is -2.28. The van der Waals surface area contributed by atoms with Crippen LogP contribution >= 0.6 is 11.6 Å². The minimum Gasteiger partial charge on any atom is -0.326 e. The van der Waals surface area contributed by atoms with Gasteiger partial charge in [0.1, 0.15) is 0 Å². The zero-order valence-electron chi connectivity index (χ0n) is 15.8. The smallest absolute Gasteiger partial charge is 0.229 e. The normalized spacial score (nSPS) is 16.2. The fourth-order valence-corrected chi connectivity index (χ4v) is 3.35. The molecule has 1 aliphatic heterocycles. The molecular weight excluding hydrogens is 378 g/mol. The van der Waals surface area contributed by atoms with Gasteiger partial charge in [0.05, 0.1) is 16.6 Å². The highest BCUT2D eigenvalue weighted by atomic mass is 35.5. The van der Waals surface area contributed by atoms with Crippen molar-refractivity contribution in [3.63, 3.8) is 0 Å². The van der Waals surface area contributed by atoms with Crippen molar-refractivity contribution in [3.8, 4) is 0 Å². The third kappa shape index (κ3) is 4.51. The number of benzene rings is 2. The van der Waals surface area contributed by atoms with Gasteiger partial charge in [-0.2, -0.15) is 0 Å². The van der Waals surface area contributed by atoms with Crippen molar-refractivity contribution >= 4 is 46.4 Å². The molecule has 7 heteroatoms. The first-order chi connectivity index (χ1) is 13.4. The Morgan fingerprint density at radius 2 is 1.86 bits per heavy atom. The number of amides is 3. The van der Waals surface area contributed by atoms with Crippen LogP contribution in [0, 0.1) is 5.92 Å². The largest absolute Gasteiger partial charge is 0.326 e. The van der Waals surface area contributed by atoms with Crippen LogP contribution in [0.25, 0.3) is 0 Å². The molecule has 1 aliphatic rings. The van der Waals surface area contributed by atoms with Gasteiger partial charge in [-0.3, -0.25) is 14.4 Å². The van der Waals surface area contributed by atoms with Crippen LogP contribution in [0.5, 0.6) is 0 Å². The summed E-state index contributed by atoms with van der Waals surface area (Å²) in [6, 6.07) is 12.6. The van der Waals surface area contributed by atoms with Crippen LogP contribution in [-0.2, 0) is 20.8 Å². The highest BCUT2D eigenvalue weighted by molar-refractivity contribution is 6.34. The molecule has 3 rings (SSSR count). The minimum atomic E-state index is -0.473. The fourth-order valence-electron chi connectivity index (χ4n) is 3.18. The van der Waals surface area contributed by atoms with Crippen LogP contribution in [0.3, 0.4) is 0 Å². The molecule has 2 aromatic carbocycles. The Morgan fingerprint density at radius 1 is 1.14 bits per heavy atom. The molecule has 28 heavy (non-hydrogen) atoms. The Balaban J connectivity index is 1.70. The molecule has 0 aliphatic carbocycles. The van der Waals surface area contributed by atoms with E-state index in [4.69, 9.17) is 11.6 Å². The van der Waals surface area contributed by atoms with Crippen molar-refractivity contribution in [2.75, 3.05) is 22.1 Å². The van der Waals surface area contributed by atoms with Crippen LogP contribution in [0.1, 0.15) is 25.8 Å². The lowest BCUT2D eigenvalue weighted by Gasteiger charge is -2.17. The maximum Gasteiger partial charge on any atom is 0.229 e. The first-order valence-electron chi connectivity index (χ1n) is 9.14. The van der Waals surface area contributed by atoms with E-state index in [0.29, 0.717) is 22.9 Å². The topological polar surface area (TPSA) is 78.5 Å². The summed E-state index contributed by atoms with van der Waals surface area (Å²) >= 11 is 6.16. The Labute approximate surface area is 168 Å². The first-order valence-corrected chi connectivity index (χ1v) is 9.52. The van der Waals surface area contributed by atoms with Gasteiger partial charge in [-0.1, -0.05) is 30.7 Å². The summed E-state index contributed by atoms with van der Waals surface area (Å²) in [5.41, 5.74) is 2.92. The summed E-state index contributed by atoms with van der Waals surface area (Å²) in [5.74, 6) is -1.05. The predicted octanol–water partition coefficient (Wildman–Crippen LogP) is 3.85. The van der Waals surface area contributed by atoms with E-state index in [1.54, 1.807) is 23.1 Å². The van der Waals surface area contributed by atoms with Gasteiger partial charge in [-0.15, -0.1) is 0 Å². The van der Waals surface area contributed by atoms with Gasteiger partial charge in [-0.25, -0.2) is 0 Å². The number of aryl methyl sites for hydroxylation is 1. The molecule has 1 heterocycles. The van der Waals surface area contributed by atoms with E-state index in [1.165, 1.54) is 12.5 Å². The quantitative estimate of drug-likeness (QED) is 0.801. The number of rotatable bonds is 5. The molecule has 2 N–H and O–H groups in total. The molecule has 6 nitrogen and oxygen atoms in total. The predicted molar refractivity (Wildman–Crippen MR) is 111 cm³/mol. The van der Waals surface area contributed by atoms with Gasteiger partial charge in [0.25, 0.3) is 0 Å². The number of hydrogen-bond acceptors (Lipinski definition) is 3. The Morgan fingerprint density at radius 3 is 2.50 bits per heavy atom. The highest BCUT2D eigenvalue weighted by Gasteiger charge is 2.35. The zero-order valence-corrected chi connectivity index (χ0v) is 16.5. The molecule has 3 amide bonds. The third-order valence-electron chi connectivity index (χ3n) is 4.70. The molecule has 0 spiro atoms. The molecule has 0 saturated carbocycles. The van der Waals surface area contributed by atoms with Gasteiger partial charge >= 0.3 is 0 Å². The Bertz CT molecular complexity index is 912. The van der Waals surface area contributed by atoms with Crippen LogP contribution < -0.4 is 15.5 Å². The number of carbonyl (C=O) groups is 3. The zero-order chi connectivity index (χ0) is 20.3. The van der Waals surface area contributed by atoms with E-state index in [-0.39, 0.29) is 24.1 Å². The van der Waals surface area contributed by atoms with Gasteiger partial charge in [0.2, 0.25) is 17.7 Å². The maximum atomic E-state index is 12.7. The van der Waals surface area contributed by atoms with Gasteiger partial charge in [0, 0.05) is 31.3 Å².